The van der Waals surface area contributed by atoms with Crippen LogP contribution in [-0.4, -0.2) is 30.1 Å². The molecule has 1 aromatic carbocycles. The van der Waals surface area contributed by atoms with Crippen LogP contribution in [0.2, 0.25) is 0 Å². The van der Waals surface area contributed by atoms with Gasteiger partial charge in [-0.15, -0.1) is 24.8 Å². The topological polar surface area (TPSA) is 73.5 Å². The van der Waals surface area contributed by atoms with E-state index < -0.39 is 0 Å². The van der Waals surface area contributed by atoms with Gasteiger partial charge in [0.15, 0.2) is 0 Å². The van der Waals surface area contributed by atoms with Gasteiger partial charge in [0.1, 0.15) is 11.9 Å². The molecule has 2 aliphatic rings. The Morgan fingerprint density at radius 3 is 2.38 bits per heavy atom. The lowest BCUT2D eigenvalue weighted by atomic mass is 10.0. The molecule has 5 N–H and O–H groups in total. The van der Waals surface area contributed by atoms with Crippen molar-refractivity contribution in [2.24, 2.45) is 5.73 Å². The van der Waals surface area contributed by atoms with Crippen molar-refractivity contribution < 1.29 is 4.74 Å². The highest BCUT2D eigenvalue weighted by atomic mass is 35.5. The van der Waals surface area contributed by atoms with Gasteiger partial charge >= 0.3 is 0 Å². The number of nitrogens with zero attached hydrogens (tertiary/aromatic N) is 1. The van der Waals surface area contributed by atoms with Crippen LogP contribution >= 0.6 is 24.8 Å². The summed E-state index contributed by atoms with van der Waals surface area (Å²) in [6.07, 6.45) is 5.39. The number of nitrogens with two attached hydrogens (primary N) is 1. The lowest BCUT2D eigenvalue weighted by molar-refractivity contribution is 0.0661. The third-order valence-corrected chi connectivity index (χ3v) is 4.49. The SMILES string of the molecule is CN1[C@@H]2CC[C@H]1C[C@H](Oc1cccc(CN)c1)C2.Cl.Cl.N. The summed E-state index contributed by atoms with van der Waals surface area (Å²) in [6, 6.07) is 9.64. The summed E-state index contributed by atoms with van der Waals surface area (Å²) in [7, 11) is 2.26. The van der Waals surface area contributed by atoms with Crippen molar-refractivity contribution in [3.05, 3.63) is 29.8 Å². The molecule has 0 amide bonds. The average Bonchev–Trinajstić information content (AvgIpc) is 2.62. The Morgan fingerprint density at radius 1 is 1.19 bits per heavy atom. The molecule has 0 saturated carbocycles. The van der Waals surface area contributed by atoms with Gasteiger partial charge in [-0.25, -0.2) is 0 Å². The van der Waals surface area contributed by atoms with E-state index in [4.69, 9.17) is 10.5 Å². The molecule has 2 aliphatic heterocycles. The summed E-state index contributed by atoms with van der Waals surface area (Å²) in [5, 5.41) is 0. The zero-order chi connectivity index (χ0) is 12.5. The lowest BCUT2D eigenvalue weighted by Crippen LogP contribution is -2.43. The number of rotatable bonds is 3. The predicted octanol–water partition coefficient (Wildman–Crippen LogP) is 3.15. The largest absolute Gasteiger partial charge is 0.490 e. The molecule has 122 valence electrons. The third kappa shape index (κ3) is 4.47. The molecule has 2 fully saturated rings. The predicted molar refractivity (Wildman–Crippen MR) is 92.1 cm³/mol. The van der Waals surface area contributed by atoms with Gasteiger partial charge in [0.25, 0.3) is 0 Å². The van der Waals surface area contributed by atoms with E-state index in [1.165, 1.54) is 25.7 Å². The lowest BCUT2D eigenvalue weighted by Gasteiger charge is -2.36. The molecule has 6 heteroatoms. The van der Waals surface area contributed by atoms with E-state index in [9.17, 15) is 0 Å². The van der Waals surface area contributed by atoms with Crippen LogP contribution < -0.4 is 16.6 Å². The molecule has 0 spiro atoms. The maximum Gasteiger partial charge on any atom is 0.120 e. The maximum absolute atomic E-state index is 6.14. The third-order valence-electron chi connectivity index (χ3n) is 4.49. The minimum atomic E-state index is 0. The van der Waals surface area contributed by atoms with E-state index in [0.29, 0.717) is 12.6 Å². The first-order chi connectivity index (χ1) is 8.76. The van der Waals surface area contributed by atoms with Crippen molar-refractivity contribution in [1.29, 1.82) is 0 Å². The molecule has 2 bridgehead atoms. The van der Waals surface area contributed by atoms with Crippen molar-refractivity contribution in [1.82, 2.24) is 11.1 Å². The van der Waals surface area contributed by atoms with Crippen LogP contribution in [-0.2, 0) is 6.54 Å². The number of fused-ring (bicyclic) bond motifs is 2. The second kappa shape index (κ2) is 8.81. The van der Waals surface area contributed by atoms with E-state index >= 15 is 0 Å². The van der Waals surface area contributed by atoms with Gasteiger partial charge in [-0.3, -0.25) is 0 Å². The average molecular weight is 336 g/mol. The van der Waals surface area contributed by atoms with Crippen molar-refractivity contribution in [3.8, 4) is 5.75 Å². The van der Waals surface area contributed by atoms with Gasteiger partial charge in [0.2, 0.25) is 0 Å². The van der Waals surface area contributed by atoms with Crippen molar-refractivity contribution >= 4 is 24.8 Å². The molecular formula is C15H27Cl2N3O. The van der Waals surface area contributed by atoms with Crippen LogP contribution in [0.5, 0.6) is 5.75 Å². The van der Waals surface area contributed by atoms with Crippen LogP contribution in [0.3, 0.4) is 0 Å². The number of piperidine rings is 1. The molecule has 3 rings (SSSR count). The Labute approximate surface area is 139 Å². The van der Waals surface area contributed by atoms with E-state index in [0.717, 1.165) is 23.4 Å². The van der Waals surface area contributed by atoms with Gasteiger partial charge < -0.3 is 21.5 Å². The molecule has 2 heterocycles. The molecule has 4 nitrogen and oxygen atoms in total. The summed E-state index contributed by atoms with van der Waals surface area (Å²) in [4.78, 5) is 2.54. The molecule has 0 aliphatic carbocycles. The van der Waals surface area contributed by atoms with Crippen LogP contribution in [0.4, 0.5) is 0 Å². The fourth-order valence-corrected chi connectivity index (χ4v) is 3.40. The Hall–Kier alpha value is -0.520. The van der Waals surface area contributed by atoms with Gasteiger partial charge in [0.05, 0.1) is 0 Å². The highest BCUT2D eigenvalue weighted by molar-refractivity contribution is 5.85. The molecule has 2 saturated heterocycles. The van der Waals surface area contributed by atoms with E-state index in [2.05, 4.69) is 18.0 Å². The summed E-state index contributed by atoms with van der Waals surface area (Å²) in [6.45, 7) is 0.579. The van der Waals surface area contributed by atoms with E-state index in [-0.39, 0.29) is 31.0 Å². The molecule has 1 aromatic rings. The van der Waals surface area contributed by atoms with Gasteiger partial charge in [-0.1, -0.05) is 12.1 Å². The highest BCUT2D eigenvalue weighted by Crippen LogP contribution is 2.35. The van der Waals surface area contributed by atoms with Crippen LogP contribution in [0, 0.1) is 0 Å². The Morgan fingerprint density at radius 2 is 1.81 bits per heavy atom. The summed E-state index contributed by atoms with van der Waals surface area (Å²) < 4.78 is 6.14. The zero-order valence-electron chi connectivity index (χ0n) is 12.5. The monoisotopic (exact) mass is 335 g/mol. The van der Waals surface area contributed by atoms with Gasteiger partial charge in [-0.2, -0.15) is 0 Å². The number of hydrogen-bond acceptors (Lipinski definition) is 4. The second-order valence-electron chi connectivity index (χ2n) is 5.61. The number of benzene rings is 1. The number of halogens is 2. The molecule has 0 aromatic heterocycles. The quantitative estimate of drug-likeness (QED) is 0.889. The Kier molecular flexibility index (Phi) is 8.59. The standard InChI is InChI=1S/C15H22N2O.2ClH.H3N/c1-17-12-5-6-13(17)9-15(8-12)18-14-4-2-3-11(7-14)10-16;;;/h2-4,7,12-13,15H,5-6,8-10,16H2,1H3;2*1H;1H3/t12-,13+,15-;;;. The molecule has 3 atom stereocenters. The first-order valence-corrected chi connectivity index (χ1v) is 6.94. The van der Waals surface area contributed by atoms with Crippen molar-refractivity contribution in [2.75, 3.05) is 7.05 Å². The minimum absolute atomic E-state index is 0. The molecule has 0 unspecified atom stereocenters. The molecular weight excluding hydrogens is 309 g/mol. The number of hydrogen-bond donors (Lipinski definition) is 2. The molecule has 21 heavy (non-hydrogen) atoms. The zero-order valence-corrected chi connectivity index (χ0v) is 14.2. The highest BCUT2D eigenvalue weighted by Gasteiger charge is 2.39. The second-order valence-corrected chi connectivity index (χ2v) is 5.61. The summed E-state index contributed by atoms with van der Waals surface area (Å²) in [5.74, 6) is 0.979. The fourth-order valence-electron chi connectivity index (χ4n) is 3.40. The van der Waals surface area contributed by atoms with Gasteiger partial charge in [0, 0.05) is 18.6 Å². The van der Waals surface area contributed by atoms with Crippen LogP contribution in [0.15, 0.2) is 24.3 Å². The minimum Gasteiger partial charge on any atom is -0.490 e. The van der Waals surface area contributed by atoms with Crippen LogP contribution in [0.25, 0.3) is 0 Å². The van der Waals surface area contributed by atoms with Crippen LogP contribution in [0.1, 0.15) is 31.2 Å². The fraction of sp³-hybridized carbons (Fsp3) is 0.600. The van der Waals surface area contributed by atoms with Crippen molar-refractivity contribution in [3.63, 3.8) is 0 Å². The normalized spacial score (nSPS) is 27.0. The smallest absolute Gasteiger partial charge is 0.120 e. The van der Waals surface area contributed by atoms with E-state index in [1.807, 2.05) is 18.2 Å². The first-order valence-electron chi connectivity index (χ1n) is 6.94. The summed E-state index contributed by atoms with van der Waals surface area (Å²) >= 11 is 0. The summed E-state index contributed by atoms with van der Waals surface area (Å²) in [5.41, 5.74) is 6.80. The number of ether oxygens (including phenoxy) is 1. The van der Waals surface area contributed by atoms with E-state index in [1.54, 1.807) is 0 Å². The van der Waals surface area contributed by atoms with Crippen molar-refractivity contribution in [2.45, 2.75) is 50.4 Å². The first kappa shape index (κ1) is 20.5. The Balaban J connectivity index is 0.00000133. The maximum atomic E-state index is 6.14. The Bertz CT molecular complexity index is 419. The molecule has 0 radical (unpaired) electrons. The van der Waals surface area contributed by atoms with Gasteiger partial charge in [-0.05, 0) is 50.4 Å².